The fourth-order valence-corrected chi connectivity index (χ4v) is 2.75. The highest BCUT2D eigenvalue weighted by Crippen LogP contribution is 2.11. The highest BCUT2D eigenvalue weighted by atomic mass is 16.7. The van der Waals surface area contributed by atoms with Crippen LogP contribution in [0, 0.1) is 5.92 Å². The fraction of sp³-hybridized carbons (Fsp3) is 0.208. The Kier molecular flexibility index (Phi) is 7.22. The van der Waals surface area contributed by atoms with Crippen LogP contribution in [0.15, 0.2) is 77.6 Å². The monoisotopic (exact) mass is 420 g/mol. The molecule has 1 aromatic heterocycles. The maximum Gasteiger partial charge on any atom is 0.412 e. The molecule has 0 aliphatic rings. The van der Waals surface area contributed by atoms with Gasteiger partial charge in [0.15, 0.2) is 0 Å². The van der Waals surface area contributed by atoms with Crippen molar-refractivity contribution >= 4 is 17.7 Å². The van der Waals surface area contributed by atoms with Gasteiger partial charge in [-0.05, 0) is 23.3 Å². The zero-order valence-electron chi connectivity index (χ0n) is 17.4. The molecule has 0 aliphatic heterocycles. The van der Waals surface area contributed by atoms with Crippen LogP contribution in [0.2, 0.25) is 0 Å². The summed E-state index contributed by atoms with van der Waals surface area (Å²) in [6, 6.07) is 21.8. The Morgan fingerprint density at radius 2 is 1.52 bits per heavy atom. The van der Waals surface area contributed by atoms with Gasteiger partial charge < -0.3 is 9.57 Å². The lowest BCUT2D eigenvalue weighted by Gasteiger charge is -2.15. The Bertz CT molecular complexity index is 1090. The molecular formula is C24H24N2O5. The molecule has 7 nitrogen and oxygen atoms in total. The zero-order valence-corrected chi connectivity index (χ0v) is 17.4. The second kappa shape index (κ2) is 10.2. The summed E-state index contributed by atoms with van der Waals surface area (Å²) in [6.45, 7) is 3.41. The van der Waals surface area contributed by atoms with E-state index in [1.54, 1.807) is 19.9 Å². The minimum absolute atomic E-state index is 0.0496. The molecule has 0 bridgehead atoms. The van der Waals surface area contributed by atoms with E-state index < -0.39 is 23.5 Å². The van der Waals surface area contributed by atoms with Crippen molar-refractivity contribution in [1.82, 2.24) is 4.73 Å². The third-order valence-electron chi connectivity index (χ3n) is 4.45. The second-order valence-corrected chi connectivity index (χ2v) is 7.25. The highest BCUT2D eigenvalue weighted by Gasteiger charge is 2.18. The number of aromatic nitrogens is 1. The summed E-state index contributed by atoms with van der Waals surface area (Å²) in [4.78, 5) is 42.6. The van der Waals surface area contributed by atoms with E-state index in [9.17, 15) is 14.4 Å². The lowest BCUT2D eigenvalue weighted by Crippen LogP contribution is -2.36. The molecule has 1 amide bonds. The Morgan fingerprint density at radius 1 is 0.903 bits per heavy atom. The minimum Gasteiger partial charge on any atom is -0.444 e. The molecule has 0 fully saturated rings. The average molecular weight is 420 g/mol. The number of nitrogens with one attached hydrogen (secondary N) is 1. The largest absolute Gasteiger partial charge is 0.444 e. The van der Waals surface area contributed by atoms with Crippen LogP contribution in [-0.4, -0.2) is 16.8 Å². The first-order valence-electron chi connectivity index (χ1n) is 9.93. The van der Waals surface area contributed by atoms with Crippen LogP contribution >= 0.6 is 0 Å². The number of amides is 1. The van der Waals surface area contributed by atoms with Crippen molar-refractivity contribution in [1.29, 1.82) is 0 Å². The standard InChI is InChI=1S/C24H24N2O5/c1-17(2)23(28)31-26-20(15-18-9-5-3-6-10-18)13-14-21(22(26)27)25-24(29)30-16-19-11-7-4-8-12-19/h3-14,17H,15-16H2,1-2H3,(H,25,29). The van der Waals surface area contributed by atoms with Gasteiger partial charge in [0, 0.05) is 6.42 Å². The van der Waals surface area contributed by atoms with Crippen molar-refractivity contribution in [2.45, 2.75) is 26.9 Å². The molecule has 160 valence electrons. The summed E-state index contributed by atoms with van der Waals surface area (Å²) < 4.78 is 6.10. The smallest absolute Gasteiger partial charge is 0.412 e. The van der Waals surface area contributed by atoms with Gasteiger partial charge in [-0.3, -0.25) is 10.1 Å². The number of rotatable bonds is 7. The van der Waals surface area contributed by atoms with Gasteiger partial charge in [0.2, 0.25) is 0 Å². The Hall–Kier alpha value is -3.87. The molecule has 0 atom stereocenters. The third-order valence-corrected chi connectivity index (χ3v) is 4.45. The average Bonchev–Trinajstić information content (AvgIpc) is 2.78. The van der Waals surface area contributed by atoms with E-state index in [-0.39, 0.29) is 12.3 Å². The van der Waals surface area contributed by atoms with Crippen LogP contribution in [0.25, 0.3) is 0 Å². The van der Waals surface area contributed by atoms with Gasteiger partial charge >= 0.3 is 17.6 Å². The van der Waals surface area contributed by atoms with Crippen LogP contribution in [0.5, 0.6) is 0 Å². The van der Waals surface area contributed by atoms with Gasteiger partial charge in [-0.25, -0.2) is 9.59 Å². The summed E-state index contributed by atoms with van der Waals surface area (Å²) in [5, 5.41) is 2.43. The van der Waals surface area contributed by atoms with Crippen LogP contribution in [-0.2, 0) is 22.6 Å². The maximum absolute atomic E-state index is 13.0. The number of hydrogen-bond donors (Lipinski definition) is 1. The van der Waals surface area contributed by atoms with E-state index in [1.807, 2.05) is 60.7 Å². The van der Waals surface area contributed by atoms with Crippen LogP contribution in [0.3, 0.4) is 0 Å². The van der Waals surface area contributed by atoms with Gasteiger partial charge in [0.1, 0.15) is 12.3 Å². The van der Waals surface area contributed by atoms with E-state index in [2.05, 4.69) is 5.32 Å². The Balaban J connectivity index is 1.81. The zero-order chi connectivity index (χ0) is 22.2. The van der Waals surface area contributed by atoms with Crippen LogP contribution in [0.4, 0.5) is 10.5 Å². The van der Waals surface area contributed by atoms with Gasteiger partial charge in [-0.15, -0.1) is 4.73 Å². The van der Waals surface area contributed by atoms with Crippen molar-refractivity contribution in [3.05, 3.63) is 100.0 Å². The van der Waals surface area contributed by atoms with E-state index in [0.717, 1.165) is 15.9 Å². The van der Waals surface area contributed by atoms with E-state index in [4.69, 9.17) is 9.57 Å². The molecule has 0 unspecified atom stereocenters. The SMILES string of the molecule is CC(C)C(=O)On1c(Cc2ccccc2)ccc(NC(=O)OCc2ccccc2)c1=O. The minimum atomic E-state index is -0.779. The highest BCUT2D eigenvalue weighted by molar-refractivity contribution is 5.84. The first kappa shape index (κ1) is 21.8. The van der Waals surface area contributed by atoms with Crippen molar-refractivity contribution in [2.24, 2.45) is 5.92 Å². The quantitative estimate of drug-likeness (QED) is 0.628. The molecule has 2 aromatic carbocycles. The van der Waals surface area contributed by atoms with Gasteiger partial charge in [-0.1, -0.05) is 74.5 Å². The second-order valence-electron chi connectivity index (χ2n) is 7.25. The summed E-state index contributed by atoms with van der Waals surface area (Å²) in [5.41, 5.74) is 1.54. The predicted octanol–water partition coefficient (Wildman–Crippen LogP) is 3.80. The lowest BCUT2D eigenvalue weighted by atomic mass is 10.1. The van der Waals surface area contributed by atoms with Gasteiger partial charge in [-0.2, -0.15) is 0 Å². The molecule has 0 radical (unpaired) electrons. The Morgan fingerprint density at radius 3 is 2.13 bits per heavy atom. The van der Waals surface area contributed by atoms with E-state index >= 15 is 0 Å². The van der Waals surface area contributed by atoms with Crippen LogP contribution < -0.4 is 15.7 Å². The predicted molar refractivity (Wildman–Crippen MR) is 117 cm³/mol. The van der Waals surface area contributed by atoms with Crippen molar-refractivity contribution in [3.8, 4) is 0 Å². The molecule has 0 saturated carbocycles. The summed E-state index contributed by atoms with van der Waals surface area (Å²) in [5.74, 6) is -0.982. The van der Waals surface area contributed by atoms with Gasteiger partial charge in [0.05, 0.1) is 11.6 Å². The number of pyridine rings is 1. The van der Waals surface area contributed by atoms with Crippen molar-refractivity contribution in [3.63, 3.8) is 0 Å². The first-order chi connectivity index (χ1) is 14.9. The molecule has 3 rings (SSSR count). The molecule has 1 heterocycles. The van der Waals surface area contributed by atoms with Crippen molar-refractivity contribution in [2.75, 3.05) is 5.32 Å². The number of ether oxygens (including phenoxy) is 1. The number of anilines is 1. The van der Waals surface area contributed by atoms with E-state index in [0.29, 0.717) is 12.1 Å². The molecule has 1 N–H and O–H groups in total. The number of carbonyl (C=O) groups excluding carboxylic acids is 2. The summed E-state index contributed by atoms with van der Waals surface area (Å²) in [7, 11) is 0. The Labute approximate surface area is 180 Å². The van der Waals surface area contributed by atoms with Gasteiger partial charge in [0.25, 0.3) is 0 Å². The molecular weight excluding hydrogens is 396 g/mol. The maximum atomic E-state index is 13.0. The molecule has 0 aliphatic carbocycles. The molecule has 0 spiro atoms. The number of nitrogens with zero attached hydrogens (tertiary/aromatic N) is 1. The lowest BCUT2D eigenvalue weighted by molar-refractivity contribution is -0.148. The van der Waals surface area contributed by atoms with Crippen molar-refractivity contribution < 1.29 is 19.2 Å². The molecule has 7 heteroatoms. The number of carbonyl (C=O) groups is 2. The topological polar surface area (TPSA) is 86.6 Å². The third kappa shape index (κ3) is 6.05. The van der Waals surface area contributed by atoms with E-state index in [1.165, 1.54) is 6.07 Å². The number of benzene rings is 2. The van der Waals surface area contributed by atoms with Crippen LogP contribution in [0.1, 0.15) is 30.7 Å². The molecule has 0 saturated heterocycles. The molecule has 31 heavy (non-hydrogen) atoms. The molecule has 3 aromatic rings. The summed E-state index contributed by atoms with van der Waals surface area (Å²) >= 11 is 0. The number of hydrogen-bond acceptors (Lipinski definition) is 5. The fourth-order valence-electron chi connectivity index (χ4n) is 2.75. The first-order valence-corrected chi connectivity index (χ1v) is 9.93. The summed E-state index contributed by atoms with van der Waals surface area (Å²) in [6.07, 6.45) is -0.404. The normalized spacial score (nSPS) is 10.5.